The average Bonchev–Trinajstić information content (AvgIpc) is 2.75. The van der Waals surface area contributed by atoms with Crippen molar-refractivity contribution in [2.24, 2.45) is 0 Å². The molecule has 0 bridgehead atoms. The molecule has 3 aliphatic rings. The van der Waals surface area contributed by atoms with Gasteiger partial charge in [-0.25, -0.2) is 0 Å². The van der Waals surface area contributed by atoms with Gasteiger partial charge in [-0.2, -0.15) is 0 Å². The average molecular weight is 224 g/mol. The highest BCUT2D eigenvalue weighted by Crippen LogP contribution is 2.39. The molecular weight excluding hydrogens is 204 g/mol. The Morgan fingerprint density at radius 2 is 1.88 bits per heavy atom. The summed E-state index contributed by atoms with van der Waals surface area (Å²) in [5.41, 5.74) is 0. The van der Waals surface area contributed by atoms with E-state index in [-0.39, 0.29) is 18.0 Å². The Bertz CT molecular complexity index is 268. The van der Waals surface area contributed by atoms with Crippen molar-refractivity contribution in [2.75, 3.05) is 13.2 Å². The Morgan fingerprint density at radius 1 is 1.00 bits per heavy atom. The summed E-state index contributed by atoms with van der Waals surface area (Å²) in [5, 5.41) is 0. The summed E-state index contributed by atoms with van der Waals surface area (Å²) in [6.45, 7) is 1.43. The normalized spacial score (nSPS) is 38.0. The summed E-state index contributed by atoms with van der Waals surface area (Å²) in [6.07, 6.45) is 11.5. The fourth-order valence-electron chi connectivity index (χ4n) is 2.92. The zero-order chi connectivity index (χ0) is 10.8. The van der Waals surface area contributed by atoms with Crippen molar-refractivity contribution >= 4 is 0 Å². The van der Waals surface area contributed by atoms with Crippen molar-refractivity contribution in [3.05, 3.63) is 12.2 Å². The first-order chi connectivity index (χ1) is 7.88. The molecule has 1 saturated carbocycles. The highest BCUT2D eigenvalue weighted by molar-refractivity contribution is 4.94. The quantitative estimate of drug-likeness (QED) is 0.640. The molecule has 0 aromatic carbocycles. The molecule has 16 heavy (non-hydrogen) atoms. The van der Waals surface area contributed by atoms with Crippen LogP contribution in [-0.4, -0.2) is 31.2 Å². The molecule has 0 unspecified atom stereocenters. The fraction of sp³-hybridized carbons (Fsp3) is 0.846. The second-order valence-corrected chi connectivity index (χ2v) is 5.02. The van der Waals surface area contributed by atoms with Crippen LogP contribution in [0, 0.1) is 0 Å². The summed E-state index contributed by atoms with van der Waals surface area (Å²) in [4.78, 5) is 0. The van der Waals surface area contributed by atoms with Gasteiger partial charge in [-0.1, -0.05) is 18.6 Å². The van der Waals surface area contributed by atoms with Gasteiger partial charge >= 0.3 is 0 Å². The van der Waals surface area contributed by atoms with E-state index in [0.717, 1.165) is 25.9 Å². The first-order valence-corrected chi connectivity index (χ1v) is 6.46. The van der Waals surface area contributed by atoms with Crippen LogP contribution >= 0.6 is 0 Å². The molecule has 1 spiro atoms. The minimum absolute atomic E-state index is 0.142. The van der Waals surface area contributed by atoms with Gasteiger partial charge in [-0.15, -0.1) is 0 Å². The van der Waals surface area contributed by atoms with E-state index in [1.54, 1.807) is 0 Å². The molecule has 3 rings (SSSR count). The van der Waals surface area contributed by atoms with Gasteiger partial charge in [-0.05, 0) is 19.3 Å². The molecule has 2 fully saturated rings. The molecule has 0 aromatic heterocycles. The largest absolute Gasteiger partial charge is 0.371 e. The van der Waals surface area contributed by atoms with Crippen LogP contribution in [0.2, 0.25) is 0 Å². The van der Waals surface area contributed by atoms with Crippen LogP contribution in [0.25, 0.3) is 0 Å². The van der Waals surface area contributed by atoms with Crippen LogP contribution in [0.4, 0.5) is 0 Å². The molecule has 3 heteroatoms. The zero-order valence-corrected chi connectivity index (χ0v) is 9.69. The van der Waals surface area contributed by atoms with Crippen LogP contribution in [0.3, 0.4) is 0 Å². The Kier molecular flexibility index (Phi) is 3.01. The third-order valence-electron chi connectivity index (χ3n) is 3.85. The topological polar surface area (TPSA) is 27.7 Å². The highest BCUT2D eigenvalue weighted by atomic mass is 16.8. The van der Waals surface area contributed by atoms with Crippen molar-refractivity contribution in [2.45, 2.75) is 56.5 Å². The Balaban J connectivity index is 1.61. The van der Waals surface area contributed by atoms with Gasteiger partial charge in [0.2, 0.25) is 0 Å². The maximum Gasteiger partial charge on any atom is 0.169 e. The van der Waals surface area contributed by atoms with E-state index in [4.69, 9.17) is 14.2 Å². The Labute approximate surface area is 96.8 Å². The number of hydrogen-bond acceptors (Lipinski definition) is 3. The predicted octanol–water partition coefficient (Wildman–Crippen LogP) is 2.41. The molecule has 2 heterocycles. The standard InChI is InChI=1S/C13H20O3/c1-3-7-13(8-4-1)15-10-12(16-13)11-6-2-5-9-14-11/h2,5,11-12H,1,3-4,6-10H2/t11-,12+/m0/s1. The molecule has 3 nitrogen and oxygen atoms in total. The Morgan fingerprint density at radius 3 is 2.62 bits per heavy atom. The second kappa shape index (κ2) is 4.47. The van der Waals surface area contributed by atoms with Gasteiger partial charge in [0, 0.05) is 12.8 Å². The monoisotopic (exact) mass is 224 g/mol. The lowest BCUT2D eigenvalue weighted by molar-refractivity contribution is -0.198. The summed E-state index contributed by atoms with van der Waals surface area (Å²) in [5.74, 6) is -0.257. The molecule has 0 aromatic rings. The minimum Gasteiger partial charge on any atom is -0.371 e. The van der Waals surface area contributed by atoms with Crippen LogP contribution in [0.1, 0.15) is 38.5 Å². The van der Waals surface area contributed by atoms with Crippen LogP contribution < -0.4 is 0 Å². The number of rotatable bonds is 1. The van der Waals surface area contributed by atoms with Gasteiger partial charge in [0.1, 0.15) is 6.10 Å². The smallest absolute Gasteiger partial charge is 0.169 e. The van der Waals surface area contributed by atoms with Crippen molar-refractivity contribution in [3.8, 4) is 0 Å². The van der Waals surface area contributed by atoms with Crippen molar-refractivity contribution in [3.63, 3.8) is 0 Å². The van der Waals surface area contributed by atoms with E-state index in [1.165, 1.54) is 19.3 Å². The van der Waals surface area contributed by atoms with E-state index in [1.807, 2.05) is 0 Å². The van der Waals surface area contributed by atoms with E-state index in [0.29, 0.717) is 6.61 Å². The van der Waals surface area contributed by atoms with E-state index in [9.17, 15) is 0 Å². The van der Waals surface area contributed by atoms with Crippen LogP contribution in [-0.2, 0) is 14.2 Å². The third kappa shape index (κ3) is 2.04. The number of hydrogen-bond donors (Lipinski definition) is 0. The summed E-state index contributed by atoms with van der Waals surface area (Å²) in [7, 11) is 0. The van der Waals surface area contributed by atoms with E-state index in [2.05, 4.69) is 12.2 Å². The summed E-state index contributed by atoms with van der Waals surface area (Å²) in [6, 6.07) is 0. The predicted molar refractivity (Wildman–Crippen MR) is 60.1 cm³/mol. The van der Waals surface area contributed by atoms with E-state index < -0.39 is 0 Å². The van der Waals surface area contributed by atoms with Crippen molar-refractivity contribution in [1.82, 2.24) is 0 Å². The van der Waals surface area contributed by atoms with Gasteiger partial charge < -0.3 is 14.2 Å². The molecule has 90 valence electrons. The maximum atomic E-state index is 6.15. The Hall–Kier alpha value is -0.380. The van der Waals surface area contributed by atoms with Gasteiger partial charge in [0.05, 0.1) is 19.3 Å². The molecule has 0 radical (unpaired) electrons. The van der Waals surface area contributed by atoms with Gasteiger partial charge in [-0.3, -0.25) is 0 Å². The molecular formula is C13H20O3. The molecule has 1 aliphatic carbocycles. The molecule has 1 saturated heterocycles. The second-order valence-electron chi connectivity index (χ2n) is 5.02. The van der Waals surface area contributed by atoms with Crippen molar-refractivity contribution < 1.29 is 14.2 Å². The molecule has 0 N–H and O–H groups in total. The lowest BCUT2D eigenvalue weighted by Gasteiger charge is -2.33. The first-order valence-electron chi connectivity index (χ1n) is 6.46. The van der Waals surface area contributed by atoms with Crippen LogP contribution in [0.5, 0.6) is 0 Å². The molecule has 0 amide bonds. The maximum absolute atomic E-state index is 6.15. The molecule has 2 aliphatic heterocycles. The summed E-state index contributed by atoms with van der Waals surface area (Å²) < 4.78 is 17.8. The number of ether oxygens (including phenoxy) is 3. The fourth-order valence-corrected chi connectivity index (χ4v) is 2.92. The zero-order valence-electron chi connectivity index (χ0n) is 9.69. The highest BCUT2D eigenvalue weighted by Gasteiger charge is 2.44. The lowest BCUT2D eigenvalue weighted by Crippen LogP contribution is -2.37. The minimum atomic E-state index is -0.257. The lowest BCUT2D eigenvalue weighted by atomic mass is 9.94. The van der Waals surface area contributed by atoms with Gasteiger partial charge in [0.25, 0.3) is 0 Å². The van der Waals surface area contributed by atoms with Crippen molar-refractivity contribution in [1.29, 1.82) is 0 Å². The van der Waals surface area contributed by atoms with E-state index >= 15 is 0 Å². The van der Waals surface area contributed by atoms with Crippen LogP contribution in [0.15, 0.2) is 12.2 Å². The SMILES string of the molecule is C1=CC[C@@H]([C@H]2COC3(CCCCC3)O2)OC1. The first kappa shape index (κ1) is 10.8. The third-order valence-corrected chi connectivity index (χ3v) is 3.85. The van der Waals surface area contributed by atoms with Gasteiger partial charge in [0.15, 0.2) is 5.79 Å². The molecule has 2 atom stereocenters. The summed E-state index contributed by atoms with van der Waals surface area (Å²) >= 11 is 0.